The fraction of sp³-hybridized carbons (Fsp3) is 0.391. The summed E-state index contributed by atoms with van der Waals surface area (Å²) >= 11 is 6.10. The van der Waals surface area contributed by atoms with Crippen molar-refractivity contribution in [3.63, 3.8) is 0 Å². The fourth-order valence-electron chi connectivity index (χ4n) is 2.89. The molecule has 6 heteroatoms. The summed E-state index contributed by atoms with van der Waals surface area (Å²) in [6, 6.07) is 16.3. The number of nitrogens with zero attached hydrogens (tertiary/aromatic N) is 1. The largest absolute Gasteiger partial charge is 0.482 e. The lowest BCUT2D eigenvalue weighted by molar-refractivity contribution is -0.141. The number of ether oxygens (including phenoxy) is 1. The van der Waals surface area contributed by atoms with Crippen molar-refractivity contribution in [2.24, 2.45) is 0 Å². The van der Waals surface area contributed by atoms with E-state index in [4.69, 9.17) is 16.3 Å². The molecule has 0 unspecified atom stereocenters. The van der Waals surface area contributed by atoms with E-state index in [0.29, 0.717) is 30.3 Å². The normalized spacial score (nSPS) is 11.6. The van der Waals surface area contributed by atoms with E-state index in [9.17, 15) is 9.59 Å². The molecule has 0 fully saturated rings. The summed E-state index contributed by atoms with van der Waals surface area (Å²) < 4.78 is 5.61. The zero-order valence-corrected chi connectivity index (χ0v) is 17.8. The first-order chi connectivity index (χ1) is 14.0. The molecule has 0 aliphatic heterocycles. The van der Waals surface area contributed by atoms with Gasteiger partial charge in [-0.2, -0.15) is 0 Å². The molecule has 2 rings (SSSR count). The number of amides is 2. The minimum Gasteiger partial charge on any atom is -0.482 e. The molecule has 0 radical (unpaired) electrons. The van der Waals surface area contributed by atoms with Gasteiger partial charge >= 0.3 is 0 Å². The molecular weight excluding hydrogens is 388 g/mol. The first-order valence-corrected chi connectivity index (χ1v) is 10.4. The number of carbonyl (C=O) groups is 2. The highest BCUT2D eigenvalue weighted by Gasteiger charge is 2.26. The van der Waals surface area contributed by atoms with Crippen molar-refractivity contribution in [3.8, 4) is 5.75 Å². The molecule has 0 bridgehead atoms. The Morgan fingerprint density at radius 3 is 2.48 bits per heavy atom. The van der Waals surface area contributed by atoms with Gasteiger partial charge in [-0.3, -0.25) is 9.59 Å². The second-order valence-corrected chi connectivity index (χ2v) is 7.27. The van der Waals surface area contributed by atoms with E-state index < -0.39 is 6.04 Å². The van der Waals surface area contributed by atoms with Crippen molar-refractivity contribution >= 4 is 23.4 Å². The Morgan fingerprint density at radius 1 is 1.10 bits per heavy atom. The maximum absolute atomic E-state index is 12.9. The van der Waals surface area contributed by atoms with Gasteiger partial charge in [-0.25, -0.2) is 0 Å². The van der Waals surface area contributed by atoms with Crippen LogP contribution < -0.4 is 10.1 Å². The number of halogens is 1. The summed E-state index contributed by atoms with van der Waals surface area (Å²) in [7, 11) is 0. The maximum atomic E-state index is 12.9. The van der Waals surface area contributed by atoms with Gasteiger partial charge in [0.15, 0.2) is 6.61 Å². The molecule has 156 valence electrons. The Kier molecular flexibility index (Phi) is 9.51. The molecule has 0 saturated carbocycles. The topological polar surface area (TPSA) is 58.6 Å². The third-order valence-corrected chi connectivity index (χ3v) is 4.98. The van der Waals surface area contributed by atoms with Crippen LogP contribution in [0.25, 0.3) is 0 Å². The Labute approximate surface area is 178 Å². The van der Waals surface area contributed by atoms with Gasteiger partial charge in [0.05, 0.1) is 5.02 Å². The van der Waals surface area contributed by atoms with Crippen molar-refractivity contribution < 1.29 is 14.3 Å². The lowest BCUT2D eigenvalue weighted by Crippen LogP contribution is -2.50. The van der Waals surface area contributed by atoms with E-state index in [2.05, 4.69) is 12.2 Å². The van der Waals surface area contributed by atoms with Crippen LogP contribution >= 0.6 is 11.6 Å². The first-order valence-electron chi connectivity index (χ1n) is 10.0. The Bertz CT molecular complexity index is 783. The number of carbonyl (C=O) groups excluding carboxylic acids is 2. The zero-order chi connectivity index (χ0) is 21.1. The summed E-state index contributed by atoms with van der Waals surface area (Å²) in [6.45, 7) is 4.68. The summed E-state index contributed by atoms with van der Waals surface area (Å²) in [4.78, 5) is 27.0. The molecule has 1 N–H and O–H groups in total. The van der Waals surface area contributed by atoms with Crippen molar-refractivity contribution in [1.29, 1.82) is 0 Å². The van der Waals surface area contributed by atoms with Gasteiger partial charge in [0.1, 0.15) is 11.8 Å². The van der Waals surface area contributed by atoms with E-state index in [1.165, 1.54) is 0 Å². The van der Waals surface area contributed by atoms with Crippen LogP contribution in [-0.2, 0) is 16.0 Å². The number of hydrogen-bond donors (Lipinski definition) is 1. The van der Waals surface area contributed by atoms with Gasteiger partial charge in [0.25, 0.3) is 5.91 Å². The number of nitrogens with one attached hydrogen (secondary N) is 1. The maximum Gasteiger partial charge on any atom is 0.261 e. The van der Waals surface area contributed by atoms with Crippen molar-refractivity contribution in [2.75, 3.05) is 19.7 Å². The van der Waals surface area contributed by atoms with Crippen LogP contribution in [0.3, 0.4) is 0 Å². The molecule has 2 aromatic rings. The van der Waals surface area contributed by atoms with E-state index in [0.717, 1.165) is 18.4 Å². The van der Waals surface area contributed by atoms with Crippen LogP contribution in [0.15, 0.2) is 54.6 Å². The molecule has 0 saturated heterocycles. The molecule has 1 atom stereocenters. The van der Waals surface area contributed by atoms with Crippen molar-refractivity contribution in [3.05, 3.63) is 65.2 Å². The minimum absolute atomic E-state index is 0.155. The summed E-state index contributed by atoms with van der Waals surface area (Å²) in [6.07, 6.45) is 2.56. The predicted molar refractivity (Wildman–Crippen MR) is 116 cm³/mol. The Hall–Kier alpha value is -2.53. The van der Waals surface area contributed by atoms with Crippen LogP contribution in [0.2, 0.25) is 5.02 Å². The highest BCUT2D eigenvalue weighted by Crippen LogP contribution is 2.23. The Balaban J connectivity index is 2.04. The summed E-state index contributed by atoms with van der Waals surface area (Å²) in [5.74, 6) is 0.0437. The minimum atomic E-state index is -0.585. The second-order valence-electron chi connectivity index (χ2n) is 6.86. The second kappa shape index (κ2) is 12.1. The van der Waals surface area contributed by atoms with Crippen molar-refractivity contribution in [1.82, 2.24) is 10.2 Å². The van der Waals surface area contributed by atoms with Gasteiger partial charge in [-0.1, -0.05) is 67.4 Å². The number of benzene rings is 2. The third kappa shape index (κ3) is 7.42. The molecule has 0 aromatic heterocycles. The van der Waals surface area contributed by atoms with Crippen LogP contribution in [0, 0.1) is 0 Å². The van der Waals surface area contributed by atoms with Gasteiger partial charge < -0.3 is 15.0 Å². The van der Waals surface area contributed by atoms with Crippen LogP contribution in [0.4, 0.5) is 0 Å². The van der Waals surface area contributed by atoms with Crippen LogP contribution in [0.5, 0.6) is 5.75 Å². The predicted octanol–water partition coefficient (Wildman–Crippen LogP) is 4.09. The van der Waals surface area contributed by atoms with E-state index in [-0.39, 0.29) is 18.4 Å². The average Bonchev–Trinajstić information content (AvgIpc) is 2.74. The quantitative estimate of drug-likeness (QED) is 0.561. The van der Waals surface area contributed by atoms with Gasteiger partial charge in [-0.15, -0.1) is 0 Å². The number of hydrogen-bond acceptors (Lipinski definition) is 3. The molecule has 29 heavy (non-hydrogen) atoms. The van der Waals surface area contributed by atoms with Crippen molar-refractivity contribution in [2.45, 2.75) is 39.2 Å². The average molecular weight is 417 g/mol. The summed E-state index contributed by atoms with van der Waals surface area (Å²) in [5, 5.41) is 3.35. The monoisotopic (exact) mass is 416 g/mol. The molecule has 2 amide bonds. The molecular formula is C23H29ClN2O3. The first kappa shape index (κ1) is 22.8. The molecule has 2 aromatic carbocycles. The molecule has 0 aliphatic rings. The molecule has 0 heterocycles. The SMILES string of the molecule is CCCCNC(=O)[C@H](C)N(CCc1ccccc1)C(=O)COc1ccccc1Cl. The van der Waals surface area contributed by atoms with E-state index in [1.54, 1.807) is 36.1 Å². The van der Waals surface area contributed by atoms with Gasteiger partial charge in [-0.05, 0) is 37.5 Å². The number of rotatable bonds is 11. The standard InChI is InChI=1S/C23H29ClN2O3/c1-3-4-15-25-23(28)18(2)26(16-14-19-10-6-5-7-11-19)22(27)17-29-21-13-9-8-12-20(21)24/h5-13,18H,3-4,14-17H2,1-2H3,(H,25,28)/t18-/m0/s1. The number of unbranched alkanes of at least 4 members (excludes halogenated alkanes) is 1. The van der Waals surface area contributed by atoms with Gasteiger partial charge in [0.2, 0.25) is 5.91 Å². The third-order valence-electron chi connectivity index (χ3n) is 4.67. The van der Waals surface area contributed by atoms with Gasteiger partial charge in [0, 0.05) is 13.1 Å². The summed E-state index contributed by atoms with van der Waals surface area (Å²) in [5.41, 5.74) is 1.11. The highest BCUT2D eigenvalue weighted by molar-refractivity contribution is 6.32. The lowest BCUT2D eigenvalue weighted by atomic mass is 10.1. The van der Waals surface area contributed by atoms with E-state index >= 15 is 0 Å². The Morgan fingerprint density at radius 2 is 1.79 bits per heavy atom. The fourth-order valence-corrected chi connectivity index (χ4v) is 3.08. The molecule has 0 aliphatic carbocycles. The smallest absolute Gasteiger partial charge is 0.261 e. The van der Waals surface area contributed by atoms with E-state index in [1.807, 2.05) is 30.3 Å². The highest BCUT2D eigenvalue weighted by atomic mass is 35.5. The van der Waals surface area contributed by atoms with Crippen LogP contribution in [-0.4, -0.2) is 42.5 Å². The van der Waals surface area contributed by atoms with Crippen LogP contribution in [0.1, 0.15) is 32.3 Å². The molecule has 0 spiro atoms. The lowest BCUT2D eigenvalue weighted by Gasteiger charge is -2.28. The zero-order valence-electron chi connectivity index (χ0n) is 17.1. The number of para-hydroxylation sites is 1. The molecule has 5 nitrogen and oxygen atoms in total.